The molecule has 23 heavy (non-hydrogen) atoms. The molecule has 5 heteroatoms. The third kappa shape index (κ3) is 4.55. The summed E-state index contributed by atoms with van der Waals surface area (Å²) in [5.74, 6) is 0.197. The Labute approximate surface area is 134 Å². The summed E-state index contributed by atoms with van der Waals surface area (Å²) in [6, 6.07) is 11.1. The summed E-state index contributed by atoms with van der Waals surface area (Å²) in [5.41, 5.74) is 0.707. The van der Waals surface area contributed by atoms with Gasteiger partial charge < -0.3 is 9.73 Å². The Bertz CT molecular complexity index is 739. The molecule has 4 nitrogen and oxygen atoms in total. The minimum absolute atomic E-state index is 0.0129. The highest BCUT2D eigenvalue weighted by atomic mass is 19.1. The summed E-state index contributed by atoms with van der Waals surface area (Å²) in [6.07, 6.45) is 3.22. The molecule has 0 atom stereocenters. The highest BCUT2D eigenvalue weighted by Gasteiger charge is 2.10. The third-order valence-corrected chi connectivity index (χ3v) is 3.22. The maximum Gasteiger partial charge on any atom is 0.262 e. The van der Waals surface area contributed by atoms with Gasteiger partial charge in [0.1, 0.15) is 29.0 Å². The number of unbranched alkanes of at least 4 members (excludes halogenated alkanes) is 1. The van der Waals surface area contributed by atoms with Gasteiger partial charge in [-0.3, -0.25) is 4.79 Å². The first-order valence-electron chi connectivity index (χ1n) is 7.40. The average Bonchev–Trinajstić information content (AvgIpc) is 3.02. The Hall–Kier alpha value is -2.87. The van der Waals surface area contributed by atoms with E-state index in [1.165, 1.54) is 18.2 Å². The molecule has 2 rings (SSSR count). The van der Waals surface area contributed by atoms with Crippen LogP contribution in [0.5, 0.6) is 0 Å². The van der Waals surface area contributed by atoms with Crippen molar-refractivity contribution in [3.8, 4) is 17.4 Å². The van der Waals surface area contributed by atoms with Crippen LogP contribution in [-0.4, -0.2) is 12.5 Å². The van der Waals surface area contributed by atoms with E-state index in [1.54, 1.807) is 24.3 Å². The number of furan rings is 1. The number of rotatable bonds is 6. The molecule has 0 saturated heterocycles. The first-order chi connectivity index (χ1) is 11.1. The predicted octanol–water partition coefficient (Wildman–Crippen LogP) is 3.91. The molecular weight excluding hydrogens is 295 g/mol. The van der Waals surface area contributed by atoms with Crippen LogP contribution in [0.25, 0.3) is 17.4 Å². The van der Waals surface area contributed by atoms with Crippen LogP contribution < -0.4 is 5.32 Å². The monoisotopic (exact) mass is 312 g/mol. The van der Waals surface area contributed by atoms with Crippen molar-refractivity contribution in [2.24, 2.45) is 0 Å². The predicted molar refractivity (Wildman–Crippen MR) is 85.6 cm³/mol. The normalized spacial score (nSPS) is 11.1. The molecule has 0 spiro atoms. The molecule has 1 aromatic heterocycles. The zero-order chi connectivity index (χ0) is 16.7. The minimum atomic E-state index is -0.416. The molecule has 1 aromatic carbocycles. The summed E-state index contributed by atoms with van der Waals surface area (Å²) in [5, 5.41) is 11.8. The second-order valence-electron chi connectivity index (χ2n) is 4.99. The fourth-order valence-electron chi connectivity index (χ4n) is 1.96. The summed E-state index contributed by atoms with van der Waals surface area (Å²) in [6.45, 7) is 2.56. The lowest BCUT2D eigenvalue weighted by atomic mass is 10.2. The van der Waals surface area contributed by atoms with Crippen molar-refractivity contribution in [2.75, 3.05) is 6.54 Å². The zero-order valence-electron chi connectivity index (χ0n) is 12.8. The van der Waals surface area contributed by atoms with E-state index in [1.807, 2.05) is 13.0 Å². The van der Waals surface area contributed by atoms with Gasteiger partial charge in [-0.2, -0.15) is 5.26 Å². The topological polar surface area (TPSA) is 66.0 Å². The molecule has 0 saturated carbocycles. The van der Waals surface area contributed by atoms with E-state index in [2.05, 4.69) is 5.32 Å². The molecule has 0 aliphatic carbocycles. The molecule has 2 aromatic rings. The van der Waals surface area contributed by atoms with Gasteiger partial charge >= 0.3 is 0 Å². The minimum Gasteiger partial charge on any atom is -0.457 e. The highest BCUT2D eigenvalue weighted by molar-refractivity contribution is 6.01. The maximum absolute atomic E-state index is 12.9. The van der Waals surface area contributed by atoms with Crippen LogP contribution in [0.1, 0.15) is 25.5 Å². The fraction of sp³-hybridized carbons (Fsp3) is 0.222. The molecule has 0 aliphatic rings. The van der Waals surface area contributed by atoms with Crippen molar-refractivity contribution >= 4 is 12.0 Å². The van der Waals surface area contributed by atoms with E-state index < -0.39 is 5.91 Å². The molecule has 1 N–H and O–H groups in total. The quantitative estimate of drug-likeness (QED) is 0.499. The van der Waals surface area contributed by atoms with Crippen molar-refractivity contribution in [1.29, 1.82) is 5.26 Å². The molecular formula is C18H17FN2O2. The van der Waals surface area contributed by atoms with Gasteiger partial charge in [-0.25, -0.2) is 4.39 Å². The Morgan fingerprint density at radius 3 is 2.70 bits per heavy atom. The van der Waals surface area contributed by atoms with Crippen LogP contribution in [0, 0.1) is 17.1 Å². The van der Waals surface area contributed by atoms with Crippen LogP contribution in [-0.2, 0) is 4.79 Å². The van der Waals surface area contributed by atoms with Gasteiger partial charge in [-0.1, -0.05) is 13.3 Å². The number of benzene rings is 1. The van der Waals surface area contributed by atoms with Crippen molar-refractivity contribution in [2.45, 2.75) is 19.8 Å². The van der Waals surface area contributed by atoms with Crippen LogP contribution in [0.2, 0.25) is 0 Å². The number of nitrogens with one attached hydrogen (secondary N) is 1. The van der Waals surface area contributed by atoms with Crippen LogP contribution in [0.4, 0.5) is 4.39 Å². The van der Waals surface area contributed by atoms with Gasteiger partial charge in [-0.15, -0.1) is 0 Å². The fourth-order valence-corrected chi connectivity index (χ4v) is 1.96. The van der Waals surface area contributed by atoms with Crippen molar-refractivity contribution in [1.82, 2.24) is 5.32 Å². The second kappa shape index (κ2) is 7.95. The first-order valence-corrected chi connectivity index (χ1v) is 7.40. The molecule has 1 heterocycles. The molecule has 0 fully saturated rings. The SMILES string of the molecule is CCCCNC(=O)/C(C#N)=C/c1ccc(-c2ccc(F)cc2)o1. The summed E-state index contributed by atoms with van der Waals surface area (Å²) in [4.78, 5) is 11.9. The number of carbonyl (C=O) groups is 1. The smallest absolute Gasteiger partial charge is 0.262 e. The largest absolute Gasteiger partial charge is 0.457 e. The van der Waals surface area contributed by atoms with Gasteiger partial charge in [0, 0.05) is 18.2 Å². The van der Waals surface area contributed by atoms with Gasteiger partial charge in [0.25, 0.3) is 5.91 Å². The standard InChI is InChI=1S/C18H17FN2O2/c1-2-3-10-21-18(22)14(12-20)11-16-8-9-17(23-16)13-4-6-15(19)7-5-13/h4-9,11H,2-3,10H2,1H3,(H,21,22)/b14-11+. The van der Waals surface area contributed by atoms with E-state index in [0.717, 1.165) is 18.4 Å². The van der Waals surface area contributed by atoms with Crippen molar-refractivity contribution in [3.63, 3.8) is 0 Å². The molecule has 0 radical (unpaired) electrons. The summed E-state index contributed by atoms with van der Waals surface area (Å²) < 4.78 is 18.5. The zero-order valence-corrected chi connectivity index (χ0v) is 12.8. The van der Waals surface area contributed by atoms with Crippen LogP contribution in [0.3, 0.4) is 0 Å². The van der Waals surface area contributed by atoms with E-state index in [4.69, 9.17) is 9.68 Å². The lowest BCUT2D eigenvalue weighted by Crippen LogP contribution is -2.25. The van der Waals surface area contributed by atoms with E-state index >= 15 is 0 Å². The van der Waals surface area contributed by atoms with Crippen molar-refractivity contribution < 1.29 is 13.6 Å². The molecule has 118 valence electrons. The lowest BCUT2D eigenvalue weighted by Gasteiger charge is -2.02. The highest BCUT2D eigenvalue weighted by Crippen LogP contribution is 2.23. The molecule has 1 amide bonds. The number of nitriles is 1. The van der Waals surface area contributed by atoms with E-state index in [9.17, 15) is 9.18 Å². The average molecular weight is 312 g/mol. The number of nitrogens with zero attached hydrogens (tertiary/aromatic N) is 1. The lowest BCUT2D eigenvalue weighted by molar-refractivity contribution is -0.117. The van der Waals surface area contributed by atoms with Gasteiger partial charge in [-0.05, 0) is 42.8 Å². The first kappa shape index (κ1) is 16.5. The van der Waals surface area contributed by atoms with Crippen LogP contribution in [0.15, 0.2) is 46.4 Å². The Morgan fingerprint density at radius 2 is 2.04 bits per heavy atom. The Morgan fingerprint density at radius 1 is 1.30 bits per heavy atom. The van der Waals surface area contributed by atoms with E-state index in [-0.39, 0.29) is 11.4 Å². The van der Waals surface area contributed by atoms with Crippen LogP contribution >= 0.6 is 0 Å². The number of amides is 1. The summed E-state index contributed by atoms with van der Waals surface area (Å²) >= 11 is 0. The van der Waals surface area contributed by atoms with Gasteiger partial charge in [0.2, 0.25) is 0 Å². The van der Waals surface area contributed by atoms with Gasteiger partial charge in [0.15, 0.2) is 0 Å². The molecule has 0 bridgehead atoms. The summed E-state index contributed by atoms with van der Waals surface area (Å²) in [7, 11) is 0. The number of carbonyl (C=O) groups excluding carboxylic acids is 1. The van der Waals surface area contributed by atoms with E-state index in [0.29, 0.717) is 18.1 Å². The van der Waals surface area contributed by atoms with Crippen molar-refractivity contribution in [3.05, 3.63) is 53.5 Å². The number of halogens is 1. The Kier molecular flexibility index (Phi) is 5.70. The molecule has 0 unspecified atom stereocenters. The second-order valence-corrected chi connectivity index (χ2v) is 4.99. The van der Waals surface area contributed by atoms with Gasteiger partial charge in [0.05, 0.1) is 0 Å². The Balaban J connectivity index is 2.13. The maximum atomic E-state index is 12.9. The molecule has 0 aliphatic heterocycles. The number of hydrogen-bond donors (Lipinski definition) is 1. The number of hydrogen-bond acceptors (Lipinski definition) is 3. The third-order valence-electron chi connectivity index (χ3n) is 3.22.